The molecule has 2 rings (SSSR count). The Morgan fingerprint density at radius 2 is 1.81 bits per heavy atom. The van der Waals surface area contributed by atoms with Crippen molar-refractivity contribution in [1.29, 1.82) is 0 Å². The molecule has 6 heteroatoms. The number of nitrogens with two attached hydrogens (primary N) is 1. The van der Waals surface area contributed by atoms with E-state index in [0.29, 0.717) is 23.9 Å². The van der Waals surface area contributed by atoms with Crippen molar-refractivity contribution < 1.29 is 9.47 Å². The standard InChI is InChI=1S/C15H14Br2ClNO2/c1-20-14-3-2-11(18)6-10(14)8-21-15-12(16)4-9(7-19)5-13(15)17/h2-6H,7-8,19H2,1H3. The smallest absolute Gasteiger partial charge is 0.148 e. The molecule has 0 spiro atoms. The maximum atomic E-state index is 6.01. The van der Waals surface area contributed by atoms with E-state index in [-0.39, 0.29) is 0 Å². The summed E-state index contributed by atoms with van der Waals surface area (Å²) in [7, 11) is 1.62. The molecule has 0 heterocycles. The second kappa shape index (κ2) is 7.49. The van der Waals surface area contributed by atoms with E-state index in [9.17, 15) is 0 Å². The van der Waals surface area contributed by atoms with Gasteiger partial charge in [-0.25, -0.2) is 0 Å². The van der Waals surface area contributed by atoms with Crippen LogP contribution in [0.2, 0.25) is 5.02 Å². The minimum atomic E-state index is 0.350. The van der Waals surface area contributed by atoms with Crippen molar-refractivity contribution in [3.05, 3.63) is 55.4 Å². The minimum Gasteiger partial charge on any atom is -0.496 e. The van der Waals surface area contributed by atoms with Crippen LogP contribution in [0.25, 0.3) is 0 Å². The summed E-state index contributed by atoms with van der Waals surface area (Å²) < 4.78 is 12.9. The van der Waals surface area contributed by atoms with E-state index in [2.05, 4.69) is 31.9 Å². The topological polar surface area (TPSA) is 44.5 Å². The number of rotatable bonds is 5. The number of hydrogen-bond donors (Lipinski definition) is 1. The highest BCUT2D eigenvalue weighted by Gasteiger charge is 2.11. The molecule has 0 aliphatic carbocycles. The lowest BCUT2D eigenvalue weighted by atomic mass is 10.2. The fraction of sp³-hybridized carbons (Fsp3) is 0.200. The summed E-state index contributed by atoms with van der Waals surface area (Å²) in [5.41, 5.74) is 7.54. The Labute approximate surface area is 145 Å². The number of methoxy groups -OCH3 is 1. The summed E-state index contributed by atoms with van der Waals surface area (Å²) in [6.07, 6.45) is 0. The van der Waals surface area contributed by atoms with Gasteiger partial charge in [0.05, 0.1) is 16.1 Å². The van der Waals surface area contributed by atoms with Crippen molar-refractivity contribution in [2.24, 2.45) is 5.73 Å². The zero-order chi connectivity index (χ0) is 15.4. The zero-order valence-electron chi connectivity index (χ0n) is 11.3. The third-order valence-electron chi connectivity index (χ3n) is 2.91. The van der Waals surface area contributed by atoms with Crippen molar-refractivity contribution in [3.63, 3.8) is 0 Å². The van der Waals surface area contributed by atoms with E-state index >= 15 is 0 Å². The molecule has 0 amide bonds. The fourth-order valence-electron chi connectivity index (χ4n) is 1.88. The molecule has 0 atom stereocenters. The van der Waals surface area contributed by atoms with E-state index < -0.39 is 0 Å². The average molecular weight is 436 g/mol. The quantitative estimate of drug-likeness (QED) is 0.726. The highest BCUT2D eigenvalue weighted by molar-refractivity contribution is 9.11. The van der Waals surface area contributed by atoms with E-state index in [4.69, 9.17) is 26.8 Å². The number of hydrogen-bond acceptors (Lipinski definition) is 3. The fourth-order valence-corrected chi connectivity index (χ4v) is 3.58. The van der Waals surface area contributed by atoms with Crippen LogP contribution in [0.1, 0.15) is 11.1 Å². The maximum Gasteiger partial charge on any atom is 0.148 e. The van der Waals surface area contributed by atoms with Crippen molar-refractivity contribution in [2.45, 2.75) is 13.2 Å². The first-order valence-electron chi connectivity index (χ1n) is 6.18. The molecule has 0 radical (unpaired) electrons. The molecule has 0 bridgehead atoms. The zero-order valence-corrected chi connectivity index (χ0v) is 15.3. The van der Waals surface area contributed by atoms with Crippen molar-refractivity contribution in [1.82, 2.24) is 0 Å². The van der Waals surface area contributed by atoms with E-state index in [1.165, 1.54) is 0 Å². The van der Waals surface area contributed by atoms with Crippen molar-refractivity contribution in [2.75, 3.05) is 7.11 Å². The highest BCUT2D eigenvalue weighted by atomic mass is 79.9. The molecule has 0 fully saturated rings. The normalized spacial score (nSPS) is 10.5. The van der Waals surface area contributed by atoms with Gasteiger partial charge in [0.2, 0.25) is 0 Å². The Kier molecular flexibility index (Phi) is 5.93. The van der Waals surface area contributed by atoms with E-state index in [1.54, 1.807) is 13.2 Å². The van der Waals surface area contributed by atoms with Gasteiger partial charge in [0, 0.05) is 17.1 Å². The number of ether oxygens (including phenoxy) is 2. The van der Waals surface area contributed by atoms with Crippen LogP contribution in [-0.2, 0) is 13.2 Å². The summed E-state index contributed by atoms with van der Waals surface area (Å²) in [6, 6.07) is 9.31. The molecule has 2 aromatic rings. The molecule has 0 aliphatic heterocycles. The predicted molar refractivity (Wildman–Crippen MR) is 92.1 cm³/mol. The van der Waals surface area contributed by atoms with Crippen LogP contribution in [0.3, 0.4) is 0 Å². The van der Waals surface area contributed by atoms with Crippen molar-refractivity contribution >= 4 is 43.5 Å². The Bertz CT molecular complexity index is 627. The molecule has 2 N–H and O–H groups in total. The van der Waals surface area contributed by atoms with Gasteiger partial charge in [-0.05, 0) is 67.8 Å². The van der Waals surface area contributed by atoms with Crippen LogP contribution in [0.15, 0.2) is 39.3 Å². The Balaban J connectivity index is 2.22. The Hall–Kier alpha value is -0.750. The monoisotopic (exact) mass is 433 g/mol. The van der Waals surface area contributed by atoms with Gasteiger partial charge in [0.25, 0.3) is 0 Å². The van der Waals surface area contributed by atoms with Gasteiger partial charge in [-0.1, -0.05) is 11.6 Å². The summed E-state index contributed by atoms with van der Waals surface area (Å²) in [5.74, 6) is 1.46. The van der Waals surface area contributed by atoms with Crippen LogP contribution in [0.4, 0.5) is 0 Å². The van der Waals surface area contributed by atoms with Gasteiger partial charge in [0.15, 0.2) is 0 Å². The van der Waals surface area contributed by atoms with Gasteiger partial charge in [0.1, 0.15) is 18.1 Å². The Morgan fingerprint density at radius 1 is 1.14 bits per heavy atom. The molecule has 0 saturated carbocycles. The predicted octanol–water partition coefficient (Wildman–Crippen LogP) is 4.91. The first-order chi connectivity index (χ1) is 10.0. The summed E-state index contributed by atoms with van der Waals surface area (Å²) in [4.78, 5) is 0. The first kappa shape index (κ1) is 16.6. The SMILES string of the molecule is COc1ccc(Cl)cc1COc1c(Br)cc(CN)cc1Br. The van der Waals surface area contributed by atoms with E-state index in [1.807, 2.05) is 24.3 Å². The molecule has 3 nitrogen and oxygen atoms in total. The molecule has 2 aromatic carbocycles. The van der Waals surface area contributed by atoms with Crippen LogP contribution in [0.5, 0.6) is 11.5 Å². The maximum absolute atomic E-state index is 6.01. The largest absolute Gasteiger partial charge is 0.496 e. The highest BCUT2D eigenvalue weighted by Crippen LogP contribution is 2.36. The molecule has 0 aliphatic rings. The van der Waals surface area contributed by atoms with Crippen LogP contribution in [0, 0.1) is 0 Å². The second-order valence-corrected chi connectivity index (χ2v) is 6.48. The molecule has 21 heavy (non-hydrogen) atoms. The van der Waals surface area contributed by atoms with Crippen molar-refractivity contribution in [3.8, 4) is 11.5 Å². The number of halogens is 3. The van der Waals surface area contributed by atoms with Gasteiger partial charge in [-0.15, -0.1) is 0 Å². The molecular formula is C15H14Br2ClNO2. The summed E-state index contributed by atoms with van der Waals surface area (Å²) in [6.45, 7) is 0.822. The lowest BCUT2D eigenvalue weighted by molar-refractivity contribution is 0.293. The second-order valence-electron chi connectivity index (χ2n) is 4.34. The summed E-state index contributed by atoms with van der Waals surface area (Å²) in [5, 5.41) is 0.644. The lowest BCUT2D eigenvalue weighted by Gasteiger charge is -2.14. The number of benzene rings is 2. The minimum absolute atomic E-state index is 0.350. The molecule has 0 saturated heterocycles. The molecule has 112 valence electrons. The lowest BCUT2D eigenvalue weighted by Crippen LogP contribution is -2.01. The molecule has 0 unspecified atom stereocenters. The van der Waals surface area contributed by atoms with Crippen LogP contribution in [-0.4, -0.2) is 7.11 Å². The Morgan fingerprint density at radius 3 is 2.38 bits per heavy atom. The summed E-state index contributed by atoms with van der Waals surface area (Å²) >= 11 is 13.0. The van der Waals surface area contributed by atoms with Crippen LogP contribution < -0.4 is 15.2 Å². The first-order valence-corrected chi connectivity index (χ1v) is 8.14. The van der Waals surface area contributed by atoms with Gasteiger partial charge >= 0.3 is 0 Å². The molecule has 0 aromatic heterocycles. The molecular weight excluding hydrogens is 421 g/mol. The van der Waals surface area contributed by atoms with Crippen LogP contribution >= 0.6 is 43.5 Å². The van der Waals surface area contributed by atoms with Gasteiger partial charge in [-0.2, -0.15) is 0 Å². The average Bonchev–Trinajstić information content (AvgIpc) is 2.46. The third-order valence-corrected chi connectivity index (χ3v) is 4.32. The van der Waals surface area contributed by atoms with E-state index in [0.717, 1.165) is 25.8 Å². The van der Waals surface area contributed by atoms with Gasteiger partial charge < -0.3 is 15.2 Å². The van der Waals surface area contributed by atoms with Gasteiger partial charge in [-0.3, -0.25) is 0 Å². The third kappa shape index (κ3) is 4.13.